The van der Waals surface area contributed by atoms with Crippen molar-refractivity contribution >= 4 is 5.78 Å². The highest BCUT2D eigenvalue weighted by Crippen LogP contribution is 2.68. The van der Waals surface area contributed by atoms with Crippen LogP contribution in [0.3, 0.4) is 0 Å². The van der Waals surface area contributed by atoms with Crippen LogP contribution >= 0.6 is 0 Å². The zero-order chi connectivity index (χ0) is 19.0. The molecule has 0 amide bonds. The molecule has 1 saturated heterocycles. The average Bonchev–Trinajstić information content (AvgIpc) is 2.95. The van der Waals surface area contributed by atoms with Crippen molar-refractivity contribution in [2.24, 2.45) is 0 Å². The number of carbonyl (C=O) groups excluding carboxylic acids is 1. The van der Waals surface area contributed by atoms with E-state index in [2.05, 4.69) is 24.6 Å². The van der Waals surface area contributed by atoms with Crippen molar-refractivity contribution in [3.05, 3.63) is 48.1 Å². The Labute approximate surface area is 159 Å². The molecule has 0 N–H and O–H groups in total. The lowest BCUT2D eigenvalue weighted by atomic mass is 9.47. The quantitative estimate of drug-likeness (QED) is 0.765. The van der Waals surface area contributed by atoms with Crippen LogP contribution in [0.5, 0.6) is 11.5 Å². The minimum atomic E-state index is -1.01. The topological polar surface area (TPSA) is 48.0 Å². The van der Waals surface area contributed by atoms with Gasteiger partial charge in [-0.25, -0.2) is 0 Å². The number of likely N-dealkylation sites (tertiary alicyclic amines) is 1. The minimum absolute atomic E-state index is 0.00488. The molecule has 5 rings (SSSR count). The normalized spacial score (nSPS) is 38.3. The summed E-state index contributed by atoms with van der Waals surface area (Å²) in [6.45, 7) is 7.09. The predicted octanol–water partition coefficient (Wildman–Crippen LogP) is 2.42. The first-order chi connectivity index (χ1) is 12.9. The molecule has 1 aromatic rings. The van der Waals surface area contributed by atoms with Gasteiger partial charge in [0.2, 0.25) is 0 Å². The summed E-state index contributed by atoms with van der Waals surface area (Å²) in [5.41, 5.74) is 0.127. The number of benzene rings is 1. The maximum Gasteiger partial charge on any atom is 0.199 e. The van der Waals surface area contributed by atoms with Gasteiger partial charge in [-0.3, -0.25) is 9.69 Å². The van der Waals surface area contributed by atoms with Gasteiger partial charge in [-0.05, 0) is 57.1 Å². The van der Waals surface area contributed by atoms with E-state index in [0.29, 0.717) is 18.1 Å². The highest BCUT2D eigenvalue weighted by molar-refractivity contribution is 6.02. The standard InChI is InChI=1S/C22H25NO4/c1-5-12-26-22-9-8-17(24)20(2)21(22)10-11-23(3)16(22)13-14-6-7-15(25-4)19(27-20)18(14)21/h5-9,16H,1,10-13H2,2-4H3/t16-,20+,21+,22?/m1/s1. The first kappa shape index (κ1) is 17.0. The van der Waals surface area contributed by atoms with Gasteiger partial charge >= 0.3 is 0 Å². The summed E-state index contributed by atoms with van der Waals surface area (Å²) in [4.78, 5) is 15.6. The molecule has 2 bridgehead atoms. The van der Waals surface area contributed by atoms with E-state index < -0.39 is 16.6 Å². The maximum absolute atomic E-state index is 13.2. The molecule has 27 heavy (non-hydrogen) atoms. The van der Waals surface area contributed by atoms with Gasteiger partial charge in [0.05, 0.1) is 19.1 Å². The van der Waals surface area contributed by atoms with E-state index >= 15 is 0 Å². The number of likely N-dealkylation sites (N-methyl/N-ethyl adjacent to an activating group) is 1. The number of ketones is 1. The Morgan fingerprint density at radius 3 is 3.00 bits per heavy atom. The summed E-state index contributed by atoms with van der Waals surface area (Å²) < 4.78 is 18.7. The number of carbonyl (C=O) groups is 1. The maximum atomic E-state index is 13.2. The van der Waals surface area contributed by atoms with E-state index in [1.807, 2.05) is 19.1 Å². The molecule has 1 spiro atoms. The van der Waals surface area contributed by atoms with Crippen molar-refractivity contribution < 1.29 is 19.0 Å². The molecule has 0 radical (unpaired) electrons. The summed E-state index contributed by atoms with van der Waals surface area (Å²) in [5.74, 6) is 1.39. The molecule has 5 nitrogen and oxygen atoms in total. The first-order valence-electron chi connectivity index (χ1n) is 9.53. The van der Waals surface area contributed by atoms with Gasteiger partial charge in [-0.1, -0.05) is 12.1 Å². The fraction of sp³-hybridized carbons (Fsp3) is 0.500. The lowest BCUT2D eigenvalue weighted by Crippen LogP contribution is -2.79. The summed E-state index contributed by atoms with van der Waals surface area (Å²) in [6.07, 6.45) is 7.08. The van der Waals surface area contributed by atoms with Crippen LogP contribution in [0.1, 0.15) is 24.5 Å². The molecule has 2 aliphatic heterocycles. The zero-order valence-corrected chi connectivity index (χ0v) is 16.1. The molecule has 142 valence electrons. The molecule has 2 aliphatic carbocycles. The zero-order valence-electron chi connectivity index (χ0n) is 16.1. The molecular weight excluding hydrogens is 342 g/mol. The van der Waals surface area contributed by atoms with Gasteiger partial charge in [0.25, 0.3) is 0 Å². The Morgan fingerprint density at radius 1 is 1.44 bits per heavy atom. The van der Waals surface area contributed by atoms with Crippen molar-refractivity contribution in [1.82, 2.24) is 4.90 Å². The van der Waals surface area contributed by atoms with Crippen molar-refractivity contribution in [2.75, 3.05) is 27.3 Å². The monoisotopic (exact) mass is 367 g/mol. The number of hydrogen-bond donors (Lipinski definition) is 0. The number of piperidine rings is 1. The van der Waals surface area contributed by atoms with Gasteiger partial charge in [0.15, 0.2) is 22.9 Å². The molecule has 1 aromatic carbocycles. The lowest BCUT2D eigenvalue weighted by Gasteiger charge is -2.64. The molecular formula is C22H25NO4. The molecule has 1 unspecified atom stereocenters. The molecule has 0 aromatic heterocycles. The molecule has 4 atom stereocenters. The number of methoxy groups -OCH3 is 1. The Balaban J connectivity index is 1.89. The Bertz CT molecular complexity index is 893. The number of ether oxygens (including phenoxy) is 3. The van der Waals surface area contributed by atoms with Crippen LogP contribution in [0.4, 0.5) is 0 Å². The fourth-order valence-corrected chi connectivity index (χ4v) is 6.13. The van der Waals surface area contributed by atoms with Crippen LogP contribution in [0.15, 0.2) is 36.9 Å². The first-order valence-corrected chi connectivity index (χ1v) is 9.53. The van der Waals surface area contributed by atoms with Crippen LogP contribution < -0.4 is 9.47 Å². The Kier molecular flexibility index (Phi) is 3.30. The third-order valence-electron chi connectivity index (χ3n) is 7.31. The fourth-order valence-electron chi connectivity index (χ4n) is 6.13. The van der Waals surface area contributed by atoms with E-state index in [1.54, 1.807) is 19.3 Å². The van der Waals surface area contributed by atoms with Gasteiger partial charge < -0.3 is 14.2 Å². The molecule has 1 fully saturated rings. The van der Waals surface area contributed by atoms with Gasteiger partial charge in [-0.2, -0.15) is 0 Å². The number of hydrogen-bond acceptors (Lipinski definition) is 5. The highest BCUT2D eigenvalue weighted by atomic mass is 16.5. The van der Waals surface area contributed by atoms with Gasteiger partial charge in [0.1, 0.15) is 5.60 Å². The summed E-state index contributed by atoms with van der Waals surface area (Å²) in [6, 6.07) is 4.21. The predicted molar refractivity (Wildman–Crippen MR) is 101 cm³/mol. The van der Waals surface area contributed by atoms with E-state index in [9.17, 15) is 4.79 Å². The Hall–Kier alpha value is -2.11. The molecule has 2 heterocycles. The van der Waals surface area contributed by atoms with Crippen LogP contribution in [0.25, 0.3) is 0 Å². The van der Waals surface area contributed by atoms with Crippen LogP contribution in [0.2, 0.25) is 0 Å². The average molecular weight is 367 g/mol. The van der Waals surface area contributed by atoms with Crippen molar-refractivity contribution in [2.45, 2.75) is 42.4 Å². The molecule has 0 saturated carbocycles. The number of nitrogens with zero attached hydrogens (tertiary/aromatic N) is 1. The smallest absolute Gasteiger partial charge is 0.199 e. The second-order valence-electron chi connectivity index (χ2n) is 8.21. The van der Waals surface area contributed by atoms with Crippen molar-refractivity contribution in [3.8, 4) is 11.5 Å². The summed E-state index contributed by atoms with van der Waals surface area (Å²) in [7, 11) is 3.79. The van der Waals surface area contributed by atoms with Crippen molar-refractivity contribution in [3.63, 3.8) is 0 Å². The van der Waals surface area contributed by atoms with E-state index in [1.165, 1.54) is 5.56 Å². The van der Waals surface area contributed by atoms with E-state index in [-0.39, 0.29) is 11.8 Å². The van der Waals surface area contributed by atoms with Crippen LogP contribution in [-0.2, 0) is 21.4 Å². The van der Waals surface area contributed by atoms with Crippen LogP contribution in [-0.4, -0.2) is 55.2 Å². The van der Waals surface area contributed by atoms with E-state index in [4.69, 9.17) is 14.2 Å². The largest absolute Gasteiger partial charge is 0.493 e. The summed E-state index contributed by atoms with van der Waals surface area (Å²) in [5, 5.41) is 0. The third-order valence-corrected chi connectivity index (χ3v) is 7.31. The van der Waals surface area contributed by atoms with Crippen molar-refractivity contribution in [1.29, 1.82) is 0 Å². The minimum Gasteiger partial charge on any atom is -0.493 e. The highest BCUT2D eigenvalue weighted by Gasteiger charge is 2.77. The Morgan fingerprint density at radius 2 is 2.26 bits per heavy atom. The third kappa shape index (κ3) is 1.67. The lowest BCUT2D eigenvalue weighted by molar-refractivity contribution is -0.189. The van der Waals surface area contributed by atoms with E-state index in [0.717, 1.165) is 24.9 Å². The second-order valence-corrected chi connectivity index (χ2v) is 8.21. The molecule has 5 heteroatoms. The van der Waals surface area contributed by atoms with Gasteiger partial charge in [-0.15, -0.1) is 6.58 Å². The number of rotatable bonds is 4. The SMILES string of the molecule is C=CCOC12C=CC(=O)[C@]3(C)Oc4c(OC)ccc5c4[C@]13CCN(C)[C@@H]2C5. The van der Waals surface area contributed by atoms with Crippen LogP contribution in [0, 0.1) is 0 Å². The summed E-state index contributed by atoms with van der Waals surface area (Å²) >= 11 is 0. The van der Waals surface area contributed by atoms with Gasteiger partial charge in [0, 0.05) is 11.6 Å². The second kappa shape index (κ2) is 5.24. The molecule has 4 aliphatic rings.